The zero-order chi connectivity index (χ0) is 11.0. The van der Waals surface area contributed by atoms with Crippen molar-refractivity contribution in [3.63, 3.8) is 0 Å². The molecule has 0 radical (unpaired) electrons. The third kappa shape index (κ3) is 2.54. The Balaban J connectivity index is 2.79. The summed E-state index contributed by atoms with van der Waals surface area (Å²) in [7, 11) is 0. The van der Waals surface area contributed by atoms with Gasteiger partial charge in [0.2, 0.25) is 0 Å². The van der Waals surface area contributed by atoms with Gasteiger partial charge < -0.3 is 0 Å². The first kappa shape index (κ1) is 13.0. The van der Waals surface area contributed by atoms with E-state index >= 15 is 0 Å². The van der Waals surface area contributed by atoms with Crippen LogP contribution in [0.15, 0.2) is 0 Å². The van der Waals surface area contributed by atoms with Crippen molar-refractivity contribution in [1.29, 1.82) is 0 Å². The molecule has 14 heavy (non-hydrogen) atoms. The van der Waals surface area contributed by atoms with Gasteiger partial charge >= 0.3 is 10.8 Å². The van der Waals surface area contributed by atoms with E-state index in [4.69, 9.17) is 0 Å². The second-order valence-electron chi connectivity index (χ2n) is 3.53. The molecule has 0 unspecified atom stereocenters. The predicted octanol–water partition coefficient (Wildman–Crippen LogP) is 4.60. The van der Waals surface area contributed by atoms with Crippen LogP contribution in [-0.4, -0.2) is 14.7 Å². The van der Waals surface area contributed by atoms with Crippen LogP contribution in [0.2, 0.25) is 0 Å². The summed E-state index contributed by atoms with van der Waals surface area (Å²) in [6, 6.07) is 0. The topological polar surface area (TPSA) is 0 Å². The van der Waals surface area contributed by atoms with Crippen molar-refractivity contribution in [3.05, 3.63) is 0 Å². The van der Waals surface area contributed by atoms with Crippen molar-refractivity contribution in [2.45, 2.75) is 40.4 Å². The number of rotatable bonds is 2. The Hall–Kier alpha value is 0.930. The molecule has 0 bridgehead atoms. The maximum atomic E-state index is 13.3. The quantitative estimate of drug-likeness (QED) is 0.368. The highest BCUT2D eigenvalue weighted by Crippen LogP contribution is 2.50. The molecule has 6 heteroatoms. The molecule has 1 aliphatic carbocycles. The van der Waals surface area contributed by atoms with Gasteiger partial charge in [-0.05, 0) is 28.8 Å². The van der Waals surface area contributed by atoms with Gasteiger partial charge in [-0.25, -0.2) is 0 Å². The first-order chi connectivity index (χ1) is 6.27. The third-order valence-corrected chi connectivity index (χ3v) is 4.54. The van der Waals surface area contributed by atoms with Gasteiger partial charge in [-0.3, -0.25) is 0 Å². The fourth-order valence-corrected chi connectivity index (χ4v) is 3.25. The zero-order valence-electron chi connectivity index (χ0n) is 7.25. The summed E-state index contributed by atoms with van der Waals surface area (Å²) >= 11 is 3.63. The largest absolute Gasteiger partial charge is 0.363 e. The summed E-state index contributed by atoms with van der Waals surface area (Å²) in [6.07, 6.45) is 2.25. The number of hydrogen-bond acceptors (Lipinski definition) is 0. The normalized spacial score (nSPS) is 30.4. The van der Waals surface area contributed by atoms with E-state index in [2.05, 4.69) is 0 Å². The fourth-order valence-electron chi connectivity index (χ4n) is 1.70. The standard InChI is InChI=1S/C8H10BrF4I/c9-8(12,13)7(10,11)5-3-1-2-4-6(5)14/h5-6H,1-4H2/t5-,6+/m0/s1. The Morgan fingerprint density at radius 2 is 1.57 bits per heavy atom. The highest BCUT2D eigenvalue weighted by Gasteiger charge is 2.60. The average molecular weight is 389 g/mol. The van der Waals surface area contributed by atoms with E-state index in [1.165, 1.54) is 0 Å². The van der Waals surface area contributed by atoms with E-state index in [-0.39, 0.29) is 10.3 Å². The van der Waals surface area contributed by atoms with Gasteiger partial charge in [0.25, 0.3) is 0 Å². The molecular weight excluding hydrogens is 379 g/mol. The molecule has 0 amide bonds. The molecular formula is C8H10BrF4I. The molecule has 0 aromatic carbocycles. The Kier molecular flexibility index (Phi) is 4.11. The molecule has 0 aromatic rings. The maximum absolute atomic E-state index is 13.3. The summed E-state index contributed by atoms with van der Waals surface area (Å²) < 4.78 is 51.4. The zero-order valence-corrected chi connectivity index (χ0v) is 11.0. The lowest BCUT2D eigenvalue weighted by atomic mass is 9.84. The number of hydrogen-bond donors (Lipinski definition) is 0. The molecule has 84 valence electrons. The summed E-state index contributed by atoms with van der Waals surface area (Å²) in [5.74, 6) is -5.16. The SMILES string of the molecule is FC(F)(Br)C(F)(F)[C@H]1CCCC[C@H]1I. The van der Waals surface area contributed by atoms with Crippen molar-refractivity contribution in [2.75, 3.05) is 0 Å². The van der Waals surface area contributed by atoms with E-state index in [0.717, 1.165) is 6.42 Å². The van der Waals surface area contributed by atoms with Gasteiger partial charge in [-0.2, -0.15) is 17.6 Å². The van der Waals surface area contributed by atoms with Crippen LogP contribution < -0.4 is 0 Å². The van der Waals surface area contributed by atoms with Crippen molar-refractivity contribution >= 4 is 38.5 Å². The van der Waals surface area contributed by atoms with Gasteiger partial charge in [0, 0.05) is 9.84 Å². The van der Waals surface area contributed by atoms with E-state index in [0.29, 0.717) is 12.8 Å². The van der Waals surface area contributed by atoms with E-state index in [9.17, 15) is 17.6 Å². The highest BCUT2D eigenvalue weighted by molar-refractivity contribution is 14.1. The molecule has 0 aromatic heterocycles. The molecule has 0 heterocycles. The molecule has 0 nitrogen and oxygen atoms in total. The fraction of sp³-hybridized carbons (Fsp3) is 1.00. The minimum Gasteiger partial charge on any atom is -0.198 e. The molecule has 1 aliphatic rings. The lowest BCUT2D eigenvalue weighted by Crippen LogP contribution is -2.47. The molecule has 2 atom stereocenters. The molecule has 1 rings (SSSR count). The Morgan fingerprint density at radius 3 is 2.00 bits per heavy atom. The monoisotopic (exact) mass is 388 g/mol. The predicted molar refractivity (Wildman–Crippen MR) is 58.6 cm³/mol. The van der Waals surface area contributed by atoms with E-state index in [1.807, 2.05) is 22.6 Å². The van der Waals surface area contributed by atoms with Crippen molar-refractivity contribution in [3.8, 4) is 0 Å². The van der Waals surface area contributed by atoms with Gasteiger partial charge in [-0.15, -0.1) is 0 Å². The van der Waals surface area contributed by atoms with Gasteiger partial charge in [0.15, 0.2) is 0 Å². The van der Waals surface area contributed by atoms with Crippen molar-refractivity contribution < 1.29 is 17.6 Å². The molecule has 1 saturated carbocycles. The van der Waals surface area contributed by atoms with Gasteiger partial charge in [0.1, 0.15) is 0 Å². The van der Waals surface area contributed by atoms with Crippen molar-refractivity contribution in [1.82, 2.24) is 0 Å². The number of alkyl halides is 6. The summed E-state index contributed by atoms with van der Waals surface area (Å²) in [5.41, 5.74) is 0. The minimum atomic E-state index is -4.09. The summed E-state index contributed by atoms with van der Waals surface area (Å²) in [6.45, 7) is 0. The van der Waals surface area contributed by atoms with Crippen LogP contribution in [0.4, 0.5) is 17.6 Å². The van der Waals surface area contributed by atoms with Crippen molar-refractivity contribution in [2.24, 2.45) is 5.92 Å². The molecule has 0 spiro atoms. The smallest absolute Gasteiger partial charge is 0.198 e. The number of halogens is 6. The minimum absolute atomic E-state index is 0.182. The van der Waals surface area contributed by atoms with Gasteiger partial charge in [0.05, 0.1) is 0 Å². The van der Waals surface area contributed by atoms with E-state index in [1.54, 1.807) is 15.9 Å². The first-order valence-electron chi connectivity index (χ1n) is 4.35. The highest BCUT2D eigenvalue weighted by atomic mass is 127. The van der Waals surface area contributed by atoms with Crippen LogP contribution in [0, 0.1) is 5.92 Å². The average Bonchev–Trinajstić information content (AvgIpc) is 2.02. The lowest BCUT2D eigenvalue weighted by Gasteiger charge is -2.35. The van der Waals surface area contributed by atoms with Gasteiger partial charge in [-0.1, -0.05) is 35.4 Å². The van der Waals surface area contributed by atoms with Crippen LogP contribution in [0.3, 0.4) is 0 Å². The second-order valence-corrected chi connectivity index (χ2v) is 6.12. The summed E-state index contributed by atoms with van der Waals surface area (Å²) in [4.78, 5) is -4.09. The second kappa shape index (κ2) is 4.43. The van der Waals surface area contributed by atoms with E-state index < -0.39 is 16.7 Å². The Labute approximate surface area is 102 Å². The molecule has 1 fully saturated rings. The lowest BCUT2D eigenvalue weighted by molar-refractivity contribution is -0.185. The van der Waals surface area contributed by atoms with Crippen LogP contribution in [-0.2, 0) is 0 Å². The van der Waals surface area contributed by atoms with Crippen LogP contribution in [0.1, 0.15) is 25.7 Å². The maximum Gasteiger partial charge on any atom is 0.363 e. The third-order valence-electron chi connectivity index (χ3n) is 2.53. The van der Waals surface area contributed by atoms with Crippen LogP contribution >= 0.6 is 38.5 Å². The first-order valence-corrected chi connectivity index (χ1v) is 6.39. The van der Waals surface area contributed by atoms with Crippen LogP contribution in [0.5, 0.6) is 0 Å². The molecule has 0 aliphatic heterocycles. The van der Waals surface area contributed by atoms with Crippen LogP contribution in [0.25, 0.3) is 0 Å². The summed E-state index contributed by atoms with van der Waals surface area (Å²) in [5, 5.41) is 0. The molecule has 0 saturated heterocycles. The molecule has 0 N–H and O–H groups in total. The Morgan fingerprint density at radius 1 is 1.07 bits per heavy atom. The Bertz CT molecular complexity index is 204.